The van der Waals surface area contributed by atoms with Gasteiger partial charge in [-0.05, 0) is 73.2 Å². The Balaban J connectivity index is 1.36. The van der Waals surface area contributed by atoms with Gasteiger partial charge in [-0.25, -0.2) is 4.39 Å². The summed E-state index contributed by atoms with van der Waals surface area (Å²) in [5.41, 5.74) is 0.540. The van der Waals surface area contributed by atoms with Gasteiger partial charge in [0.2, 0.25) is 0 Å². The van der Waals surface area contributed by atoms with Crippen LogP contribution in [0, 0.1) is 52.3 Å². The molecule has 28 heavy (non-hydrogen) atoms. The lowest BCUT2D eigenvalue weighted by Crippen LogP contribution is -2.61. The summed E-state index contributed by atoms with van der Waals surface area (Å²) in [7, 11) is 0. The van der Waals surface area contributed by atoms with E-state index in [1.165, 1.54) is 12.0 Å². The number of fused-ring (bicyclic) bond motifs is 12. The van der Waals surface area contributed by atoms with E-state index in [0.717, 1.165) is 19.3 Å². The Kier molecular flexibility index (Phi) is 2.72. The normalized spacial score (nSPS) is 62.9. The van der Waals surface area contributed by atoms with Crippen LogP contribution in [0.3, 0.4) is 0 Å². The fourth-order valence-electron chi connectivity index (χ4n) is 9.78. The quantitative estimate of drug-likeness (QED) is 0.586. The molecule has 4 heteroatoms. The van der Waals surface area contributed by atoms with E-state index in [9.17, 15) is 9.59 Å². The van der Waals surface area contributed by atoms with Crippen molar-refractivity contribution in [3.63, 3.8) is 0 Å². The second-order valence-corrected chi connectivity index (χ2v) is 11.6. The van der Waals surface area contributed by atoms with Gasteiger partial charge in [0, 0.05) is 30.1 Å². The van der Waals surface area contributed by atoms with Gasteiger partial charge in [-0.1, -0.05) is 19.4 Å². The average Bonchev–Trinajstić information content (AvgIpc) is 3.53. The van der Waals surface area contributed by atoms with E-state index in [2.05, 4.69) is 13.8 Å². The van der Waals surface area contributed by atoms with Crippen LogP contribution >= 0.6 is 0 Å². The molecule has 150 valence electrons. The number of allylic oxidation sites excluding steroid dienone is 1. The molecule has 3 nitrogen and oxygen atoms in total. The fourth-order valence-corrected chi connectivity index (χ4v) is 9.78. The summed E-state index contributed by atoms with van der Waals surface area (Å²) in [5.74, 6) is 3.26. The Labute approximate surface area is 165 Å². The zero-order valence-electron chi connectivity index (χ0n) is 16.7. The molecule has 1 spiro atoms. The third-order valence-electron chi connectivity index (χ3n) is 10.8. The van der Waals surface area contributed by atoms with Crippen LogP contribution in [0.1, 0.15) is 58.8 Å². The molecule has 6 aliphatic carbocycles. The van der Waals surface area contributed by atoms with Gasteiger partial charge in [-0.15, -0.1) is 0 Å². The molecule has 1 heterocycles. The van der Waals surface area contributed by atoms with Gasteiger partial charge in [-0.3, -0.25) is 9.59 Å². The molecule has 0 bridgehead atoms. The maximum absolute atomic E-state index is 16.1. The standard InChI is InChI=1S/C24H29FO3/c1-22-5-3-11(26)7-15(22)12-8-13(12)19-20-14-9-16(14)24(6-4-18(27)28-24)23(20,2)10-17(25)21(19)22/h7,12-14,16-17,19-21H,3-6,8-10H2,1-2H3/t12-,13+,14?,16-,17-,19?,20?,21?,22?,23-,24?/m0/s1. The molecular weight excluding hydrogens is 355 g/mol. The van der Waals surface area contributed by atoms with Crippen molar-refractivity contribution in [3.05, 3.63) is 11.6 Å². The molecule has 0 aromatic carbocycles. The minimum absolute atomic E-state index is 0.0437. The molecule has 7 aliphatic rings. The lowest BCUT2D eigenvalue weighted by atomic mass is 9.44. The van der Waals surface area contributed by atoms with Crippen LogP contribution in [0.2, 0.25) is 0 Å². The van der Waals surface area contributed by atoms with E-state index in [1.54, 1.807) is 0 Å². The molecule has 0 aromatic heterocycles. The SMILES string of the molecule is CC12CCC(=O)C=C1[C@H]1C[C@H]1C1C2[C@@H](F)C[C@@]2(C)C1C1C[C@@H]1C21CCC(=O)O1. The van der Waals surface area contributed by atoms with E-state index >= 15 is 4.39 Å². The van der Waals surface area contributed by atoms with Gasteiger partial charge < -0.3 is 4.74 Å². The van der Waals surface area contributed by atoms with E-state index in [4.69, 9.17) is 4.74 Å². The Morgan fingerprint density at radius 2 is 1.89 bits per heavy atom. The molecule has 1 aliphatic heterocycles. The van der Waals surface area contributed by atoms with Crippen molar-refractivity contribution in [2.75, 3.05) is 0 Å². The zero-order chi connectivity index (χ0) is 19.2. The molecule has 0 radical (unpaired) electrons. The molecule has 1 saturated heterocycles. The number of rotatable bonds is 0. The Morgan fingerprint density at radius 1 is 1.07 bits per heavy atom. The number of ether oxygens (including phenoxy) is 1. The number of esters is 1. The van der Waals surface area contributed by atoms with Gasteiger partial charge >= 0.3 is 5.97 Å². The predicted molar refractivity (Wildman–Crippen MR) is 99.8 cm³/mol. The Hall–Kier alpha value is -1.19. The summed E-state index contributed by atoms with van der Waals surface area (Å²) in [6.45, 7) is 4.53. The van der Waals surface area contributed by atoms with Crippen molar-refractivity contribution >= 4 is 11.8 Å². The summed E-state index contributed by atoms with van der Waals surface area (Å²) in [5, 5.41) is 0. The minimum Gasteiger partial charge on any atom is -0.458 e. The maximum Gasteiger partial charge on any atom is 0.306 e. The van der Waals surface area contributed by atoms with Crippen LogP contribution in [0.5, 0.6) is 0 Å². The molecular formula is C24H29FO3. The summed E-state index contributed by atoms with van der Waals surface area (Å²) in [4.78, 5) is 24.3. The molecule has 0 N–H and O–H groups in total. The predicted octanol–water partition coefficient (Wildman–Crippen LogP) is 4.25. The van der Waals surface area contributed by atoms with E-state index < -0.39 is 11.8 Å². The van der Waals surface area contributed by atoms with Crippen molar-refractivity contribution in [3.8, 4) is 0 Å². The first-order valence-corrected chi connectivity index (χ1v) is 11.4. The average molecular weight is 384 g/mol. The second-order valence-electron chi connectivity index (χ2n) is 11.6. The van der Waals surface area contributed by atoms with E-state index in [1.807, 2.05) is 6.08 Å². The summed E-state index contributed by atoms with van der Waals surface area (Å²) in [6.07, 6.45) is 6.59. The van der Waals surface area contributed by atoms with Crippen LogP contribution < -0.4 is 0 Å². The molecule has 0 aromatic rings. The fraction of sp³-hybridized carbons (Fsp3) is 0.833. The first kappa shape index (κ1) is 16.6. The largest absolute Gasteiger partial charge is 0.458 e. The first-order valence-electron chi connectivity index (χ1n) is 11.4. The van der Waals surface area contributed by atoms with Gasteiger partial charge in [0.05, 0.1) is 0 Å². The highest BCUT2D eigenvalue weighted by atomic mass is 19.1. The van der Waals surface area contributed by atoms with Crippen LogP contribution in [0.4, 0.5) is 4.39 Å². The minimum atomic E-state index is -0.858. The van der Waals surface area contributed by atoms with Crippen LogP contribution in [0.25, 0.3) is 0 Å². The first-order chi connectivity index (χ1) is 13.3. The lowest BCUT2D eigenvalue weighted by Gasteiger charge is -2.61. The maximum atomic E-state index is 16.1. The van der Waals surface area contributed by atoms with Crippen LogP contribution in [-0.4, -0.2) is 23.5 Å². The zero-order valence-corrected chi connectivity index (χ0v) is 16.7. The molecule has 6 fully saturated rings. The van der Waals surface area contributed by atoms with Crippen LogP contribution in [-0.2, 0) is 14.3 Å². The van der Waals surface area contributed by atoms with Gasteiger partial charge in [0.1, 0.15) is 11.8 Å². The molecule has 11 atom stereocenters. The number of alkyl halides is 1. The number of carbonyl (C=O) groups is 2. The number of hydrogen-bond donors (Lipinski definition) is 0. The highest BCUT2D eigenvalue weighted by Crippen LogP contribution is 2.82. The van der Waals surface area contributed by atoms with Crippen LogP contribution in [0.15, 0.2) is 11.6 Å². The van der Waals surface area contributed by atoms with Gasteiger partial charge in [0.15, 0.2) is 5.78 Å². The third-order valence-corrected chi connectivity index (χ3v) is 10.8. The highest BCUT2D eigenvalue weighted by molar-refractivity contribution is 5.92. The molecule has 7 rings (SSSR count). The van der Waals surface area contributed by atoms with Crippen molar-refractivity contribution < 1.29 is 18.7 Å². The number of ketones is 1. The lowest BCUT2D eigenvalue weighted by molar-refractivity contribution is -0.188. The monoisotopic (exact) mass is 384 g/mol. The molecule has 5 saturated carbocycles. The highest BCUT2D eigenvalue weighted by Gasteiger charge is 2.82. The van der Waals surface area contributed by atoms with E-state index in [-0.39, 0.29) is 28.5 Å². The molecule has 6 unspecified atom stereocenters. The topological polar surface area (TPSA) is 43.4 Å². The van der Waals surface area contributed by atoms with Crippen molar-refractivity contribution in [2.45, 2.75) is 70.6 Å². The number of halogens is 1. The molecule has 0 amide bonds. The number of carbonyl (C=O) groups excluding carboxylic acids is 2. The van der Waals surface area contributed by atoms with E-state index in [0.29, 0.717) is 54.8 Å². The summed E-state index contributed by atoms with van der Waals surface area (Å²) >= 11 is 0. The van der Waals surface area contributed by atoms with Gasteiger partial charge in [-0.2, -0.15) is 0 Å². The summed E-state index contributed by atoms with van der Waals surface area (Å²) < 4.78 is 22.2. The second kappa shape index (κ2) is 4.59. The smallest absolute Gasteiger partial charge is 0.306 e. The third kappa shape index (κ3) is 1.60. The van der Waals surface area contributed by atoms with Crippen molar-refractivity contribution in [2.24, 2.45) is 52.3 Å². The van der Waals surface area contributed by atoms with Crippen molar-refractivity contribution in [1.29, 1.82) is 0 Å². The Bertz CT molecular complexity index is 864. The Morgan fingerprint density at radius 3 is 2.64 bits per heavy atom. The summed E-state index contributed by atoms with van der Waals surface area (Å²) in [6, 6.07) is 0. The van der Waals surface area contributed by atoms with Gasteiger partial charge in [0.25, 0.3) is 0 Å². The number of hydrogen-bond acceptors (Lipinski definition) is 3. The van der Waals surface area contributed by atoms with Crippen molar-refractivity contribution in [1.82, 2.24) is 0 Å².